The standard InChI is InChI=1S/C27H24N2O4/c1-2-33-27(32)24-22-21(25(30)29(26(22)31)20-16-10-5-11-17-20)23(18-12-6-3-7-13-18)28(24)19-14-8-4-9-15-19/h3-17,21-24H,2H2,1H3. The first-order chi connectivity index (χ1) is 16.1. The smallest absolute Gasteiger partial charge is 0.329 e. The molecular weight excluding hydrogens is 416 g/mol. The van der Waals surface area contributed by atoms with Crippen LogP contribution in [0.15, 0.2) is 91.0 Å². The van der Waals surface area contributed by atoms with Crippen LogP contribution in [0.1, 0.15) is 18.5 Å². The van der Waals surface area contributed by atoms with Gasteiger partial charge in [-0.2, -0.15) is 0 Å². The van der Waals surface area contributed by atoms with E-state index < -0.39 is 29.9 Å². The molecule has 0 saturated carbocycles. The average Bonchev–Trinajstić information content (AvgIpc) is 3.34. The van der Waals surface area contributed by atoms with Crippen molar-refractivity contribution < 1.29 is 19.1 Å². The summed E-state index contributed by atoms with van der Waals surface area (Å²) in [6.45, 7) is 1.93. The number of hydrogen-bond acceptors (Lipinski definition) is 5. The van der Waals surface area contributed by atoms with E-state index in [0.717, 1.165) is 11.3 Å². The summed E-state index contributed by atoms with van der Waals surface area (Å²) in [4.78, 5) is 44.0. The number of nitrogens with zero attached hydrogens (tertiary/aromatic N) is 2. The van der Waals surface area contributed by atoms with Gasteiger partial charge in [0.15, 0.2) is 0 Å². The molecule has 3 aromatic rings. The number of hydrogen-bond donors (Lipinski definition) is 0. The lowest BCUT2D eigenvalue weighted by atomic mass is 9.86. The van der Waals surface area contributed by atoms with Crippen LogP contribution in [-0.4, -0.2) is 30.4 Å². The molecule has 33 heavy (non-hydrogen) atoms. The molecule has 2 saturated heterocycles. The Morgan fingerprint density at radius 3 is 1.85 bits per heavy atom. The third-order valence-corrected chi connectivity index (χ3v) is 6.42. The van der Waals surface area contributed by atoms with Crippen LogP contribution in [0.4, 0.5) is 11.4 Å². The van der Waals surface area contributed by atoms with Gasteiger partial charge in [0.2, 0.25) is 11.8 Å². The summed E-state index contributed by atoms with van der Waals surface area (Å²) in [6.07, 6.45) is 0. The molecule has 2 amide bonds. The van der Waals surface area contributed by atoms with Crippen LogP contribution in [-0.2, 0) is 19.1 Å². The van der Waals surface area contributed by atoms with E-state index in [4.69, 9.17) is 4.74 Å². The number of benzene rings is 3. The van der Waals surface area contributed by atoms with E-state index in [1.807, 2.05) is 71.6 Å². The summed E-state index contributed by atoms with van der Waals surface area (Å²) in [7, 11) is 0. The van der Waals surface area contributed by atoms with Gasteiger partial charge in [0.05, 0.1) is 30.2 Å². The molecule has 2 heterocycles. The highest BCUT2D eigenvalue weighted by Gasteiger charge is 2.65. The van der Waals surface area contributed by atoms with Gasteiger partial charge in [-0.25, -0.2) is 9.69 Å². The predicted octanol–water partition coefficient (Wildman–Crippen LogP) is 3.99. The summed E-state index contributed by atoms with van der Waals surface area (Å²) >= 11 is 0. The minimum atomic E-state index is -0.910. The van der Waals surface area contributed by atoms with E-state index in [0.29, 0.717) is 5.69 Å². The Labute approximate surface area is 192 Å². The largest absolute Gasteiger partial charge is 0.464 e. The first-order valence-electron chi connectivity index (χ1n) is 11.1. The van der Waals surface area contributed by atoms with Crippen molar-refractivity contribution in [1.82, 2.24) is 0 Å². The molecule has 166 valence electrons. The SMILES string of the molecule is CCOC(=O)C1C2C(=O)N(c3ccccc3)C(=O)C2C(c2ccccc2)N1c1ccccc1. The summed E-state index contributed by atoms with van der Waals surface area (Å²) in [5.74, 6) is -2.71. The molecule has 0 aliphatic carbocycles. The van der Waals surface area contributed by atoms with Crippen LogP contribution in [0.25, 0.3) is 0 Å². The monoisotopic (exact) mass is 440 g/mol. The third-order valence-electron chi connectivity index (χ3n) is 6.42. The van der Waals surface area contributed by atoms with E-state index in [-0.39, 0.29) is 18.4 Å². The highest BCUT2D eigenvalue weighted by molar-refractivity contribution is 6.24. The Morgan fingerprint density at radius 1 is 0.758 bits per heavy atom. The van der Waals surface area contributed by atoms with Crippen molar-refractivity contribution >= 4 is 29.2 Å². The summed E-state index contributed by atoms with van der Waals surface area (Å²) < 4.78 is 5.43. The van der Waals surface area contributed by atoms with Gasteiger partial charge in [0.1, 0.15) is 6.04 Å². The molecule has 4 unspecified atom stereocenters. The van der Waals surface area contributed by atoms with Gasteiger partial charge >= 0.3 is 5.97 Å². The molecule has 2 aliphatic rings. The number of fused-ring (bicyclic) bond motifs is 1. The summed E-state index contributed by atoms with van der Waals surface area (Å²) in [5, 5.41) is 0. The zero-order chi connectivity index (χ0) is 22.9. The Morgan fingerprint density at radius 2 is 1.27 bits per heavy atom. The van der Waals surface area contributed by atoms with Crippen molar-refractivity contribution in [3.05, 3.63) is 96.6 Å². The van der Waals surface area contributed by atoms with Crippen molar-refractivity contribution in [2.45, 2.75) is 19.0 Å². The summed E-state index contributed by atoms with van der Waals surface area (Å²) in [5.41, 5.74) is 2.16. The van der Waals surface area contributed by atoms with Crippen molar-refractivity contribution in [3.8, 4) is 0 Å². The fourth-order valence-electron chi connectivity index (χ4n) is 5.15. The summed E-state index contributed by atoms with van der Waals surface area (Å²) in [6, 6.07) is 26.5. The number of ether oxygens (including phenoxy) is 1. The Balaban J connectivity index is 1.69. The fraction of sp³-hybridized carbons (Fsp3) is 0.222. The molecule has 5 rings (SSSR count). The van der Waals surface area contributed by atoms with Gasteiger partial charge in [-0.1, -0.05) is 66.7 Å². The third kappa shape index (κ3) is 3.39. The predicted molar refractivity (Wildman–Crippen MR) is 124 cm³/mol. The van der Waals surface area contributed by atoms with E-state index in [2.05, 4.69) is 0 Å². The van der Waals surface area contributed by atoms with E-state index in [9.17, 15) is 14.4 Å². The number of carbonyl (C=O) groups is 3. The molecule has 6 nitrogen and oxygen atoms in total. The van der Waals surface area contributed by atoms with Crippen LogP contribution in [0.3, 0.4) is 0 Å². The Bertz CT molecular complexity index is 1170. The second-order valence-electron chi connectivity index (χ2n) is 8.19. The number of esters is 1. The molecule has 0 radical (unpaired) electrons. The molecule has 0 bridgehead atoms. The average molecular weight is 440 g/mol. The van der Waals surface area contributed by atoms with Gasteiger partial charge in [0, 0.05) is 5.69 Å². The van der Waals surface area contributed by atoms with Crippen molar-refractivity contribution in [1.29, 1.82) is 0 Å². The molecule has 3 aromatic carbocycles. The van der Waals surface area contributed by atoms with E-state index in [1.165, 1.54) is 4.90 Å². The van der Waals surface area contributed by atoms with Gasteiger partial charge in [-0.05, 0) is 36.8 Å². The quantitative estimate of drug-likeness (QED) is 0.443. The van der Waals surface area contributed by atoms with Gasteiger partial charge in [0.25, 0.3) is 0 Å². The second kappa shape index (κ2) is 8.54. The lowest BCUT2D eigenvalue weighted by Gasteiger charge is -2.34. The number of carbonyl (C=O) groups excluding carboxylic acids is 3. The maximum atomic E-state index is 13.8. The fourth-order valence-corrected chi connectivity index (χ4v) is 5.15. The second-order valence-corrected chi connectivity index (χ2v) is 8.19. The highest BCUT2D eigenvalue weighted by Crippen LogP contribution is 2.52. The zero-order valence-corrected chi connectivity index (χ0v) is 18.2. The topological polar surface area (TPSA) is 66.9 Å². The van der Waals surface area contributed by atoms with Crippen molar-refractivity contribution in [2.75, 3.05) is 16.4 Å². The minimum absolute atomic E-state index is 0.190. The molecule has 0 aromatic heterocycles. The van der Waals surface area contributed by atoms with Crippen LogP contribution in [0, 0.1) is 11.8 Å². The number of para-hydroxylation sites is 2. The number of imide groups is 1. The molecule has 4 atom stereocenters. The zero-order valence-electron chi connectivity index (χ0n) is 18.2. The normalized spacial score (nSPS) is 24.2. The minimum Gasteiger partial charge on any atom is -0.464 e. The molecule has 2 fully saturated rings. The van der Waals surface area contributed by atoms with E-state index in [1.54, 1.807) is 31.2 Å². The molecular formula is C27H24N2O4. The number of amides is 2. The van der Waals surface area contributed by atoms with Gasteiger partial charge < -0.3 is 9.64 Å². The Hall–Kier alpha value is -3.93. The Kier molecular flexibility index (Phi) is 5.42. The lowest BCUT2D eigenvalue weighted by molar-refractivity contribution is -0.147. The van der Waals surface area contributed by atoms with Crippen LogP contribution >= 0.6 is 0 Å². The maximum absolute atomic E-state index is 13.8. The number of rotatable bonds is 5. The van der Waals surface area contributed by atoms with Crippen LogP contribution in [0.2, 0.25) is 0 Å². The van der Waals surface area contributed by atoms with Crippen LogP contribution in [0.5, 0.6) is 0 Å². The van der Waals surface area contributed by atoms with Gasteiger partial charge in [-0.15, -0.1) is 0 Å². The van der Waals surface area contributed by atoms with Crippen molar-refractivity contribution in [3.63, 3.8) is 0 Å². The van der Waals surface area contributed by atoms with Crippen LogP contribution < -0.4 is 9.80 Å². The molecule has 0 N–H and O–H groups in total. The van der Waals surface area contributed by atoms with Crippen molar-refractivity contribution in [2.24, 2.45) is 11.8 Å². The first-order valence-corrected chi connectivity index (χ1v) is 11.1. The molecule has 2 aliphatic heterocycles. The first kappa shape index (κ1) is 20.9. The van der Waals surface area contributed by atoms with E-state index >= 15 is 0 Å². The molecule has 0 spiro atoms. The molecule has 6 heteroatoms. The lowest BCUT2D eigenvalue weighted by Crippen LogP contribution is -2.46. The number of anilines is 2. The highest BCUT2D eigenvalue weighted by atomic mass is 16.5. The maximum Gasteiger partial charge on any atom is 0.329 e. The van der Waals surface area contributed by atoms with Gasteiger partial charge in [-0.3, -0.25) is 9.59 Å².